The van der Waals surface area contributed by atoms with Gasteiger partial charge in [0, 0.05) is 31.9 Å². The van der Waals surface area contributed by atoms with Crippen molar-refractivity contribution in [3.05, 3.63) is 54.6 Å². The van der Waals surface area contributed by atoms with Gasteiger partial charge < -0.3 is 19.3 Å². The lowest BCUT2D eigenvalue weighted by molar-refractivity contribution is -0.160. The molecule has 2 aromatic carbocycles. The molecule has 0 bridgehead atoms. The fourth-order valence-electron chi connectivity index (χ4n) is 3.51. The van der Waals surface area contributed by atoms with Gasteiger partial charge in [-0.15, -0.1) is 0 Å². The highest BCUT2D eigenvalue weighted by atomic mass is 32.2. The Morgan fingerprint density at radius 2 is 1.55 bits per heavy atom. The molecule has 0 aliphatic carbocycles. The van der Waals surface area contributed by atoms with E-state index in [1.807, 2.05) is 30.3 Å². The van der Waals surface area contributed by atoms with E-state index in [0.717, 1.165) is 5.69 Å². The molecular formula is C23H29N3O6S. The zero-order valence-corrected chi connectivity index (χ0v) is 19.7. The molecule has 0 radical (unpaired) electrons. The van der Waals surface area contributed by atoms with Gasteiger partial charge in [-0.3, -0.25) is 9.59 Å². The number of anilines is 1. The summed E-state index contributed by atoms with van der Waals surface area (Å²) in [6.45, 7) is 5.24. The molecule has 0 spiro atoms. The van der Waals surface area contributed by atoms with Gasteiger partial charge in [0.2, 0.25) is 10.0 Å². The highest BCUT2D eigenvalue weighted by molar-refractivity contribution is 7.89. The summed E-state index contributed by atoms with van der Waals surface area (Å²) < 4.78 is 37.6. The van der Waals surface area contributed by atoms with Crippen molar-refractivity contribution in [3.63, 3.8) is 0 Å². The maximum atomic E-state index is 12.7. The number of carbonyl (C=O) groups is 2. The molecule has 1 aliphatic heterocycles. The first-order valence-corrected chi connectivity index (χ1v) is 12.2. The number of piperazine rings is 1. The van der Waals surface area contributed by atoms with Gasteiger partial charge >= 0.3 is 5.97 Å². The minimum absolute atomic E-state index is 0.0108. The number of esters is 1. The predicted octanol–water partition coefficient (Wildman–Crippen LogP) is 1.64. The first-order valence-electron chi connectivity index (χ1n) is 10.7. The molecule has 2 aromatic rings. The van der Waals surface area contributed by atoms with Gasteiger partial charge in [-0.25, -0.2) is 8.42 Å². The predicted molar refractivity (Wildman–Crippen MR) is 124 cm³/mol. The van der Waals surface area contributed by atoms with Gasteiger partial charge in [0.15, 0.2) is 6.10 Å². The molecule has 0 aromatic heterocycles. The molecule has 2 atom stereocenters. The molecule has 10 heteroatoms. The van der Waals surface area contributed by atoms with Crippen molar-refractivity contribution in [1.82, 2.24) is 9.62 Å². The molecular weight excluding hydrogens is 446 g/mol. The Labute approximate surface area is 194 Å². The van der Waals surface area contributed by atoms with E-state index in [0.29, 0.717) is 31.9 Å². The molecule has 9 nitrogen and oxygen atoms in total. The van der Waals surface area contributed by atoms with Gasteiger partial charge in [0.05, 0.1) is 12.0 Å². The summed E-state index contributed by atoms with van der Waals surface area (Å²) in [5.74, 6) is -0.615. The van der Waals surface area contributed by atoms with Crippen molar-refractivity contribution in [2.24, 2.45) is 0 Å². The fourth-order valence-corrected chi connectivity index (χ4v) is 4.70. The van der Waals surface area contributed by atoms with E-state index in [-0.39, 0.29) is 10.8 Å². The van der Waals surface area contributed by atoms with Crippen molar-refractivity contribution < 1.29 is 27.5 Å². The van der Waals surface area contributed by atoms with Crippen molar-refractivity contribution >= 4 is 27.6 Å². The van der Waals surface area contributed by atoms with Crippen LogP contribution in [0, 0.1) is 0 Å². The molecule has 0 unspecified atom stereocenters. The number of carbonyl (C=O) groups excluding carboxylic acids is 2. The quantitative estimate of drug-likeness (QED) is 0.579. The molecule has 1 aliphatic rings. The number of para-hydroxylation sites is 1. The normalized spacial score (nSPS) is 16.1. The molecule has 1 heterocycles. The maximum absolute atomic E-state index is 12.7. The topological polar surface area (TPSA) is 105 Å². The Bertz CT molecular complexity index is 1050. The Morgan fingerprint density at radius 1 is 0.939 bits per heavy atom. The number of methoxy groups -OCH3 is 1. The van der Waals surface area contributed by atoms with Crippen LogP contribution in [0.5, 0.6) is 5.75 Å². The summed E-state index contributed by atoms with van der Waals surface area (Å²) in [6, 6.07) is 14.6. The SMILES string of the molecule is COc1ccc(S(=O)(=O)N[C@@H](C)C(=O)O[C@@H](C)C(=O)N2CCN(c3ccccc3)CC2)cc1. The van der Waals surface area contributed by atoms with Crippen LogP contribution in [0.4, 0.5) is 5.69 Å². The number of hydrogen-bond acceptors (Lipinski definition) is 7. The third-order valence-corrected chi connectivity index (χ3v) is 6.97. The van der Waals surface area contributed by atoms with Crippen molar-refractivity contribution in [2.75, 3.05) is 38.2 Å². The third kappa shape index (κ3) is 6.23. The molecule has 3 rings (SSSR count). The average molecular weight is 476 g/mol. The van der Waals surface area contributed by atoms with Crippen LogP contribution in [0.3, 0.4) is 0 Å². The van der Waals surface area contributed by atoms with Crippen LogP contribution < -0.4 is 14.4 Å². The number of rotatable bonds is 8. The number of amides is 1. The standard InChI is InChI=1S/C23H29N3O6S/c1-17(24-33(29,30)21-11-9-20(31-3)10-12-21)23(28)32-18(2)22(27)26-15-13-25(14-16-26)19-7-5-4-6-8-19/h4-12,17-18,24H,13-16H2,1-3H3/t17-,18-/m0/s1. The van der Waals surface area contributed by atoms with E-state index in [4.69, 9.17) is 9.47 Å². The number of sulfonamides is 1. The maximum Gasteiger partial charge on any atom is 0.324 e. The monoisotopic (exact) mass is 475 g/mol. The third-order valence-electron chi connectivity index (χ3n) is 5.41. The van der Waals surface area contributed by atoms with Crippen LogP contribution in [0.15, 0.2) is 59.5 Å². The van der Waals surface area contributed by atoms with Gasteiger partial charge in [-0.1, -0.05) is 18.2 Å². The van der Waals surface area contributed by atoms with Crippen LogP contribution in [0.2, 0.25) is 0 Å². The molecule has 178 valence electrons. The molecule has 33 heavy (non-hydrogen) atoms. The van der Waals surface area contributed by atoms with Crippen LogP contribution in [-0.2, 0) is 24.3 Å². The number of benzene rings is 2. The first-order chi connectivity index (χ1) is 15.7. The van der Waals surface area contributed by atoms with E-state index in [1.54, 1.807) is 4.90 Å². The Balaban J connectivity index is 1.51. The van der Waals surface area contributed by atoms with Gasteiger partial charge in [-0.2, -0.15) is 4.72 Å². The highest BCUT2D eigenvalue weighted by Gasteiger charge is 2.30. The zero-order valence-electron chi connectivity index (χ0n) is 18.9. The molecule has 0 saturated carbocycles. The molecule has 1 fully saturated rings. The first kappa shape index (κ1) is 24.5. The lowest BCUT2D eigenvalue weighted by Gasteiger charge is -2.37. The average Bonchev–Trinajstić information content (AvgIpc) is 2.84. The van der Waals surface area contributed by atoms with Crippen molar-refractivity contribution in [3.8, 4) is 5.75 Å². The van der Waals surface area contributed by atoms with Crippen LogP contribution in [0.25, 0.3) is 0 Å². The summed E-state index contributed by atoms with van der Waals surface area (Å²) in [5, 5.41) is 0. The van der Waals surface area contributed by atoms with Gasteiger partial charge in [0.1, 0.15) is 11.8 Å². The Hall–Kier alpha value is -3.11. The summed E-state index contributed by atoms with van der Waals surface area (Å²) in [4.78, 5) is 29.0. The molecule has 1 N–H and O–H groups in total. The van der Waals surface area contributed by atoms with Gasteiger partial charge in [0.25, 0.3) is 5.91 Å². The van der Waals surface area contributed by atoms with Crippen molar-refractivity contribution in [1.29, 1.82) is 0 Å². The Kier molecular flexibility index (Phi) is 7.93. The number of nitrogens with one attached hydrogen (secondary N) is 1. The largest absolute Gasteiger partial charge is 0.497 e. The summed E-state index contributed by atoms with van der Waals surface area (Å²) in [7, 11) is -2.47. The van der Waals surface area contributed by atoms with E-state index >= 15 is 0 Å². The van der Waals surface area contributed by atoms with Crippen LogP contribution in [0.1, 0.15) is 13.8 Å². The van der Waals surface area contributed by atoms with E-state index < -0.39 is 28.1 Å². The highest BCUT2D eigenvalue weighted by Crippen LogP contribution is 2.17. The fraction of sp³-hybridized carbons (Fsp3) is 0.391. The van der Waals surface area contributed by atoms with Gasteiger partial charge in [-0.05, 0) is 50.2 Å². The van der Waals surface area contributed by atoms with Crippen molar-refractivity contribution in [2.45, 2.75) is 30.9 Å². The van der Waals surface area contributed by atoms with Crippen LogP contribution in [-0.4, -0.2) is 70.6 Å². The lowest BCUT2D eigenvalue weighted by Crippen LogP contribution is -2.52. The summed E-state index contributed by atoms with van der Waals surface area (Å²) in [5.41, 5.74) is 1.10. The van der Waals surface area contributed by atoms with E-state index in [9.17, 15) is 18.0 Å². The number of hydrogen-bond donors (Lipinski definition) is 1. The number of ether oxygens (including phenoxy) is 2. The minimum Gasteiger partial charge on any atom is -0.497 e. The second-order valence-corrected chi connectivity index (χ2v) is 9.46. The molecule has 1 amide bonds. The summed E-state index contributed by atoms with van der Waals surface area (Å²) in [6.07, 6.45) is -1.02. The van der Waals surface area contributed by atoms with E-state index in [1.165, 1.54) is 45.2 Å². The second kappa shape index (κ2) is 10.7. The minimum atomic E-state index is -3.95. The lowest BCUT2D eigenvalue weighted by atomic mass is 10.2. The molecule has 1 saturated heterocycles. The second-order valence-electron chi connectivity index (χ2n) is 7.75. The zero-order chi connectivity index (χ0) is 24.0. The number of nitrogens with zero attached hydrogens (tertiary/aromatic N) is 2. The smallest absolute Gasteiger partial charge is 0.324 e. The van der Waals surface area contributed by atoms with E-state index in [2.05, 4.69) is 9.62 Å². The summed E-state index contributed by atoms with van der Waals surface area (Å²) >= 11 is 0. The van der Waals surface area contributed by atoms with Crippen LogP contribution >= 0.6 is 0 Å². The Morgan fingerprint density at radius 3 is 2.12 bits per heavy atom.